The third-order valence-corrected chi connectivity index (χ3v) is 3.73. The second-order valence-electron chi connectivity index (χ2n) is 5.65. The molecule has 1 aromatic rings. The van der Waals surface area contributed by atoms with Gasteiger partial charge in [0, 0.05) is 37.8 Å². The smallest absolute Gasteiger partial charge is 0.165 e. The molecule has 1 aliphatic heterocycles. The van der Waals surface area contributed by atoms with Crippen LogP contribution in [0.2, 0.25) is 0 Å². The molecule has 0 saturated carbocycles. The molecule has 20 heavy (non-hydrogen) atoms. The summed E-state index contributed by atoms with van der Waals surface area (Å²) in [5.41, 5.74) is 2.54. The molecular formula is C16H23FN2O. The molecule has 0 bridgehead atoms. The van der Waals surface area contributed by atoms with E-state index in [2.05, 4.69) is 16.8 Å². The Hall–Kier alpha value is -1.39. The number of phenolic OH excluding ortho intramolecular Hbond substituents is 1. The van der Waals surface area contributed by atoms with Gasteiger partial charge in [-0.3, -0.25) is 4.90 Å². The van der Waals surface area contributed by atoms with Crippen LogP contribution >= 0.6 is 0 Å². The Balaban J connectivity index is 2.37. The van der Waals surface area contributed by atoms with Crippen molar-refractivity contribution >= 4 is 0 Å². The number of nitrogens with zero attached hydrogens (tertiary/aromatic N) is 1. The first-order valence-corrected chi connectivity index (χ1v) is 7.07. The lowest BCUT2D eigenvalue weighted by Gasteiger charge is -2.36. The summed E-state index contributed by atoms with van der Waals surface area (Å²) in [4.78, 5) is 2.29. The summed E-state index contributed by atoms with van der Waals surface area (Å²) in [5.74, 6) is -0.762. The number of benzene rings is 1. The van der Waals surface area contributed by atoms with E-state index in [1.165, 1.54) is 6.07 Å². The third kappa shape index (κ3) is 3.38. The topological polar surface area (TPSA) is 35.5 Å². The lowest BCUT2D eigenvalue weighted by Crippen LogP contribution is -2.45. The SMILES string of the molecule is C=C(C)C[C@@H](c1cc(C)cc(F)c1O)N1CCNCC1. The van der Waals surface area contributed by atoms with Gasteiger partial charge < -0.3 is 10.4 Å². The van der Waals surface area contributed by atoms with Crippen molar-refractivity contribution in [3.8, 4) is 5.75 Å². The highest BCUT2D eigenvalue weighted by atomic mass is 19.1. The summed E-state index contributed by atoms with van der Waals surface area (Å²) in [7, 11) is 0. The van der Waals surface area contributed by atoms with Crippen molar-refractivity contribution in [2.24, 2.45) is 0 Å². The molecule has 0 unspecified atom stereocenters. The highest BCUT2D eigenvalue weighted by Crippen LogP contribution is 2.35. The molecule has 4 heteroatoms. The van der Waals surface area contributed by atoms with E-state index in [1.54, 1.807) is 0 Å². The number of aromatic hydroxyl groups is 1. The van der Waals surface area contributed by atoms with Gasteiger partial charge in [0.2, 0.25) is 0 Å². The van der Waals surface area contributed by atoms with Crippen LogP contribution in [0.1, 0.15) is 30.5 Å². The van der Waals surface area contributed by atoms with Crippen molar-refractivity contribution in [2.75, 3.05) is 26.2 Å². The Bertz CT molecular complexity index is 495. The number of aryl methyl sites for hydroxylation is 1. The van der Waals surface area contributed by atoms with Crippen molar-refractivity contribution in [1.29, 1.82) is 0 Å². The predicted octanol–water partition coefficient (Wildman–Crippen LogP) is 2.75. The molecule has 0 aliphatic carbocycles. The quantitative estimate of drug-likeness (QED) is 0.831. The maximum atomic E-state index is 13.8. The minimum Gasteiger partial charge on any atom is -0.505 e. The number of nitrogens with one attached hydrogen (secondary N) is 1. The van der Waals surface area contributed by atoms with Crippen LogP contribution in [0.15, 0.2) is 24.3 Å². The second-order valence-corrected chi connectivity index (χ2v) is 5.65. The fourth-order valence-electron chi connectivity index (χ4n) is 2.78. The monoisotopic (exact) mass is 278 g/mol. The van der Waals surface area contributed by atoms with Crippen LogP contribution in [0.4, 0.5) is 4.39 Å². The lowest BCUT2D eigenvalue weighted by molar-refractivity contribution is 0.169. The Labute approximate surface area is 120 Å². The third-order valence-electron chi connectivity index (χ3n) is 3.73. The number of rotatable bonds is 4. The van der Waals surface area contributed by atoms with Gasteiger partial charge in [0.05, 0.1) is 0 Å². The predicted molar refractivity (Wildman–Crippen MR) is 79.4 cm³/mol. The minimum atomic E-state index is -0.540. The van der Waals surface area contributed by atoms with Crippen LogP contribution in [-0.2, 0) is 0 Å². The molecule has 2 rings (SSSR count). The Morgan fingerprint density at radius 3 is 2.70 bits per heavy atom. The van der Waals surface area contributed by atoms with Crippen molar-refractivity contribution in [1.82, 2.24) is 10.2 Å². The first kappa shape index (κ1) is 15.0. The summed E-state index contributed by atoms with van der Waals surface area (Å²) < 4.78 is 13.8. The van der Waals surface area contributed by atoms with Gasteiger partial charge in [-0.05, 0) is 31.9 Å². The van der Waals surface area contributed by atoms with E-state index >= 15 is 0 Å². The van der Waals surface area contributed by atoms with Crippen molar-refractivity contribution < 1.29 is 9.50 Å². The van der Waals surface area contributed by atoms with Crippen molar-refractivity contribution in [2.45, 2.75) is 26.3 Å². The molecule has 1 atom stereocenters. The second kappa shape index (κ2) is 6.37. The van der Waals surface area contributed by atoms with E-state index < -0.39 is 5.82 Å². The lowest BCUT2D eigenvalue weighted by atomic mass is 9.95. The van der Waals surface area contributed by atoms with Gasteiger partial charge in [-0.2, -0.15) is 0 Å². The Morgan fingerprint density at radius 1 is 1.45 bits per heavy atom. The Morgan fingerprint density at radius 2 is 2.10 bits per heavy atom. The van der Waals surface area contributed by atoms with Crippen LogP contribution in [0.5, 0.6) is 5.75 Å². The molecule has 1 aromatic carbocycles. The number of hydrogen-bond donors (Lipinski definition) is 2. The summed E-state index contributed by atoms with van der Waals surface area (Å²) in [5, 5.41) is 13.4. The van der Waals surface area contributed by atoms with Gasteiger partial charge in [0.1, 0.15) is 0 Å². The van der Waals surface area contributed by atoms with E-state index in [9.17, 15) is 9.50 Å². The first-order chi connectivity index (χ1) is 9.49. The summed E-state index contributed by atoms with van der Waals surface area (Å²) >= 11 is 0. The summed E-state index contributed by atoms with van der Waals surface area (Å²) in [6.45, 7) is 11.4. The highest BCUT2D eigenvalue weighted by Gasteiger charge is 2.26. The molecule has 0 radical (unpaired) electrons. The number of phenols is 1. The molecule has 3 nitrogen and oxygen atoms in total. The maximum absolute atomic E-state index is 13.8. The van der Waals surface area contributed by atoms with Gasteiger partial charge in [-0.1, -0.05) is 11.6 Å². The van der Waals surface area contributed by atoms with Crippen molar-refractivity contribution in [3.63, 3.8) is 0 Å². The maximum Gasteiger partial charge on any atom is 0.165 e. The molecule has 110 valence electrons. The first-order valence-electron chi connectivity index (χ1n) is 7.07. The standard InChI is InChI=1S/C16H23FN2O/c1-11(2)8-15(19-6-4-18-5-7-19)13-9-12(3)10-14(17)16(13)20/h9-10,15,18,20H,1,4-8H2,2-3H3/t15-/m0/s1. The molecule has 1 heterocycles. The normalized spacial score (nSPS) is 17.9. The van der Waals surface area contributed by atoms with E-state index in [1.807, 2.05) is 19.9 Å². The number of piperazine rings is 1. The van der Waals surface area contributed by atoms with Crippen LogP contribution in [-0.4, -0.2) is 36.2 Å². The minimum absolute atomic E-state index is 0.0102. The number of halogens is 1. The van der Waals surface area contributed by atoms with Crippen LogP contribution in [0, 0.1) is 12.7 Å². The largest absolute Gasteiger partial charge is 0.505 e. The fourth-order valence-corrected chi connectivity index (χ4v) is 2.78. The van der Waals surface area contributed by atoms with E-state index in [0.29, 0.717) is 5.56 Å². The average molecular weight is 278 g/mol. The van der Waals surface area contributed by atoms with E-state index in [0.717, 1.165) is 43.7 Å². The molecule has 0 spiro atoms. The van der Waals surface area contributed by atoms with Crippen molar-refractivity contribution in [3.05, 3.63) is 41.2 Å². The molecule has 1 aliphatic rings. The van der Waals surface area contributed by atoms with Gasteiger partial charge >= 0.3 is 0 Å². The van der Waals surface area contributed by atoms with Gasteiger partial charge in [-0.15, -0.1) is 6.58 Å². The zero-order chi connectivity index (χ0) is 14.7. The molecule has 1 saturated heterocycles. The highest BCUT2D eigenvalue weighted by molar-refractivity contribution is 5.40. The fraction of sp³-hybridized carbons (Fsp3) is 0.500. The average Bonchev–Trinajstić information content (AvgIpc) is 2.41. The summed E-state index contributed by atoms with van der Waals surface area (Å²) in [6.07, 6.45) is 0.733. The Kier molecular flexibility index (Phi) is 4.78. The molecule has 1 fully saturated rings. The van der Waals surface area contributed by atoms with Crippen LogP contribution in [0.25, 0.3) is 0 Å². The van der Waals surface area contributed by atoms with Gasteiger partial charge in [0.25, 0.3) is 0 Å². The van der Waals surface area contributed by atoms with Crippen LogP contribution in [0.3, 0.4) is 0 Å². The van der Waals surface area contributed by atoms with Gasteiger partial charge in [-0.25, -0.2) is 4.39 Å². The van der Waals surface area contributed by atoms with E-state index in [4.69, 9.17) is 0 Å². The molecular weight excluding hydrogens is 255 g/mol. The molecule has 0 amide bonds. The zero-order valence-electron chi connectivity index (χ0n) is 12.2. The van der Waals surface area contributed by atoms with E-state index in [-0.39, 0.29) is 11.8 Å². The van der Waals surface area contributed by atoms with Gasteiger partial charge in [0.15, 0.2) is 11.6 Å². The zero-order valence-corrected chi connectivity index (χ0v) is 12.2. The number of hydrogen-bond acceptors (Lipinski definition) is 3. The van der Waals surface area contributed by atoms with Crippen LogP contribution < -0.4 is 5.32 Å². The summed E-state index contributed by atoms with van der Waals surface area (Å²) in [6, 6.07) is 3.24. The molecule has 0 aromatic heterocycles. The molecule has 2 N–H and O–H groups in total.